The number of sulfonamides is 1. The maximum Gasteiger partial charge on any atom is 0.243 e. The number of imidazole rings is 1. The summed E-state index contributed by atoms with van der Waals surface area (Å²) in [7, 11) is -2.15. The molecule has 19 heavy (non-hydrogen) atoms. The van der Waals surface area contributed by atoms with Crippen molar-refractivity contribution in [2.45, 2.75) is 11.4 Å². The van der Waals surface area contributed by atoms with Crippen molar-refractivity contribution in [1.29, 1.82) is 0 Å². The van der Waals surface area contributed by atoms with Gasteiger partial charge in [-0.3, -0.25) is 0 Å². The molecule has 0 saturated carbocycles. The number of H-pyrrole nitrogens is 1. The molecule has 2 rings (SSSR count). The van der Waals surface area contributed by atoms with E-state index in [9.17, 15) is 8.42 Å². The molecular weight excluding hydrogens is 288 g/mol. The molecule has 0 amide bonds. The Bertz CT molecular complexity index is 670. The minimum absolute atomic E-state index is 0.0979. The number of nitrogens with one attached hydrogen (secondary N) is 1. The van der Waals surface area contributed by atoms with Gasteiger partial charge in [0.2, 0.25) is 10.0 Å². The zero-order chi connectivity index (χ0) is 14.0. The Morgan fingerprint density at radius 2 is 2.21 bits per heavy atom. The van der Waals surface area contributed by atoms with Gasteiger partial charge >= 0.3 is 0 Å². The van der Waals surface area contributed by atoms with Gasteiger partial charge in [-0.15, -0.1) is 0 Å². The molecule has 8 heteroatoms. The Kier molecular flexibility index (Phi) is 3.79. The normalized spacial score (nSPS) is 11.9. The van der Waals surface area contributed by atoms with Crippen molar-refractivity contribution in [3.8, 4) is 0 Å². The van der Waals surface area contributed by atoms with E-state index < -0.39 is 10.0 Å². The number of hydrogen-bond acceptors (Lipinski definition) is 4. The second-order valence-corrected chi connectivity index (χ2v) is 6.43. The number of halogens is 1. The lowest BCUT2D eigenvalue weighted by molar-refractivity contribution is 0.458. The van der Waals surface area contributed by atoms with Crippen LogP contribution in [-0.2, 0) is 16.6 Å². The molecule has 0 aliphatic carbocycles. The molecule has 0 aliphatic heterocycles. The van der Waals surface area contributed by atoms with Crippen molar-refractivity contribution in [1.82, 2.24) is 14.3 Å². The minimum Gasteiger partial charge on any atom is -0.398 e. The molecule has 0 aliphatic rings. The summed E-state index contributed by atoms with van der Waals surface area (Å²) >= 11 is 5.84. The van der Waals surface area contributed by atoms with Crippen LogP contribution in [0.3, 0.4) is 0 Å². The molecule has 0 spiro atoms. The lowest BCUT2D eigenvalue weighted by atomic mass is 10.3. The van der Waals surface area contributed by atoms with E-state index in [1.54, 1.807) is 12.4 Å². The molecule has 0 saturated heterocycles. The quantitative estimate of drug-likeness (QED) is 0.836. The largest absolute Gasteiger partial charge is 0.398 e. The Balaban J connectivity index is 2.28. The minimum atomic E-state index is -3.62. The summed E-state index contributed by atoms with van der Waals surface area (Å²) in [6.45, 7) is 0.150. The van der Waals surface area contributed by atoms with Crippen LogP contribution in [0.5, 0.6) is 0 Å². The molecule has 3 N–H and O–H groups in total. The number of nitrogen functional groups attached to an aromatic ring is 1. The Morgan fingerprint density at radius 1 is 1.47 bits per heavy atom. The van der Waals surface area contributed by atoms with Crippen molar-refractivity contribution in [3.05, 3.63) is 41.4 Å². The molecule has 1 heterocycles. The highest BCUT2D eigenvalue weighted by Crippen LogP contribution is 2.24. The molecule has 0 radical (unpaired) electrons. The van der Waals surface area contributed by atoms with Crippen LogP contribution in [0, 0.1) is 0 Å². The van der Waals surface area contributed by atoms with E-state index in [1.807, 2.05) is 0 Å². The van der Waals surface area contributed by atoms with Gasteiger partial charge in [-0.25, -0.2) is 13.4 Å². The molecular formula is C11H13ClN4O2S. The Labute approximate surface area is 116 Å². The van der Waals surface area contributed by atoms with Gasteiger partial charge in [0.25, 0.3) is 0 Å². The predicted octanol–water partition coefficient (Wildman–Crippen LogP) is 1.47. The molecule has 0 unspecified atom stereocenters. The first-order valence-corrected chi connectivity index (χ1v) is 7.22. The van der Waals surface area contributed by atoms with E-state index in [4.69, 9.17) is 17.3 Å². The van der Waals surface area contributed by atoms with Crippen LogP contribution >= 0.6 is 11.6 Å². The topological polar surface area (TPSA) is 92.1 Å². The van der Waals surface area contributed by atoms with Crippen LogP contribution in [-0.4, -0.2) is 29.7 Å². The fourth-order valence-electron chi connectivity index (χ4n) is 1.53. The van der Waals surface area contributed by atoms with E-state index >= 15 is 0 Å². The van der Waals surface area contributed by atoms with Crippen molar-refractivity contribution >= 4 is 27.3 Å². The van der Waals surface area contributed by atoms with Crippen LogP contribution in [0.25, 0.3) is 0 Å². The second kappa shape index (κ2) is 5.20. The average molecular weight is 301 g/mol. The van der Waals surface area contributed by atoms with Crippen LogP contribution in [0.2, 0.25) is 5.02 Å². The van der Waals surface area contributed by atoms with Gasteiger partial charge in [0.1, 0.15) is 5.82 Å². The van der Waals surface area contributed by atoms with E-state index in [0.717, 1.165) is 0 Å². The number of nitrogens with two attached hydrogens (primary N) is 1. The maximum absolute atomic E-state index is 12.3. The predicted molar refractivity (Wildman–Crippen MR) is 73.1 cm³/mol. The van der Waals surface area contributed by atoms with Gasteiger partial charge in [-0.1, -0.05) is 11.6 Å². The number of aromatic nitrogens is 2. The molecule has 1 aromatic heterocycles. The van der Waals surface area contributed by atoms with Gasteiger partial charge in [-0.2, -0.15) is 4.31 Å². The summed E-state index contributed by atoms with van der Waals surface area (Å²) in [5, 5.41) is 0.215. The third-order valence-electron chi connectivity index (χ3n) is 2.61. The molecule has 0 bridgehead atoms. The van der Waals surface area contributed by atoms with Crippen LogP contribution < -0.4 is 5.73 Å². The number of nitrogens with zero attached hydrogens (tertiary/aromatic N) is 2. The van der Waals surface area contributed by atoms with Crippen molar-refractivity contribution < 1.29 is 8.42 Å². The summed E-state index contributed by atoms with van der Waals surface area (Å²) in [6.07, 6.45) is 3.20. The molecule has 0 fully saturated rings. The SMILES string of the molecule is CN(Cc1ncc[nH]1)S(=O)(=O)c1ccc(N)c(Cl)c1. The fourth-order valence-corrected chi connectivity index (χ4v) is 2.93. The highest BCUT2D eigenvalue weighted by atomic mass is 35.5. The zero-order valence-corrected chi connectivity index (χ0v) is 11.7. The monoisotopic (exact) mass is 300 g/mol. The first-order valence-electron chi connectivity index (χ1n) is 5.41. The fraction of sp³-hybridized carbons (Fsp3) is 0.182. The smallest absolute Gasteiger partial charge is 0.243 e. The Morgan fingerprint density at radius 3 is 2.79 bits per heavy atom. The molecule has 0 atom stereocenters. The van der Waals surface area contributed by atoms with Crippen molar-refractivity contribution in [3.63, 3.8) is 0 Å². The zero-order valence-electron chi connectivity index (χ0n) is 10.2. The summed E-state index contributed by atoms with van der Waals surface area (Å²) in [5.41, 5.74) is 5.90. The van der Waals surface area contributed by atoms with E-state index in [1.165, 1.54) is 29.6 Å². The standard InChI is InChI=1S/C11H13ClN4O2S/c1-16(7-11-14-4-5-15-11)19(17,18)8-2-3-10(13)9(12)6-8/h2-6H,7,13H2,1H3,(H,14,15). The van der Waals surface area contributed by atoms with Crippen molar-refractivity contribution in [2.24, 2.45) is 0 Å². The maximum atomic E-state index is 12.3. The van der Waals surface area contributed by atoms with E-state index in [2.05, 4.69) is 9.97 Å². The van der Waals surface area contributed by atoms with Crippen molar-refractivity contribution in [2.75, 3.05) is 12.8 Å². The number of hydrogen-bond donors (Lipinski definition) is 2. The molecule has 6 nitrogen and oxygen atoms in total. The number of anilines is 1. The van der Waals surface area contributed by atoms with Crippen LogP contribution in [0.1, 0.15) is 5.82 Å². The van der Waals surface area contributed by atoms with Gasteiger partial charge < -0.3 is 10.7 Å². The third kappa shape index (κ3) is 2.89. The van der Waals surface area contributed by atoms with E-state index in [0.29, 0.717) is 11.5 Å². The van der Waals surface area contributed by atoms with Crippen LogP contribution in [0.15, 0.2) is 35.5 Å². The summed E-state index contributed by atoms with van der Waals surface area (Å²) in [4.78, 5) is 6.93. The van der Waals surface area contributed by atoms with Gasteiger partial charge in [0.05, 0.1) is 22.2 Å². The number of rotatable bonds is 4. The highest BCUT2D eigenvalue weighted by Gasteiger charge is 2.22. The van der Waals surface area contributed by atoms with E-state index in [-0.39, 0.29) is 16.5 Å². The highest BCUT2D eigenvalue weighted by molar-refractivity contribution is 7.89. The average Bonchev–Trinajstić information content (AvgIpc) is 2.85. The van der Waals surface area contributed by atoms with Gasteiger partial charge in [0, 0.05) is 19.4 Å². The number of aromatic amines is 1. The summed E-state index contributed by atoms with van der Waals surface area (Å²) < 4.78 is 25.8. The molecule has 1 aromatic carbocycles. The lowest BCUT2D eigenvalue weighted by Crippen LogP contribution is -2.27. The summed E-state index contributed by atoms with van der Waals surface area (Å²) in [6, 6.07) is 4.23. The molecule has 2 aromatic rings. The summed E-state index contributed by atoms with van der Waals surface area (Å²) in [5.74, 6) is 0.563. The Hall–Kier alpha value is -1.57. The molecule has 102 valence electrons. The first kappa shape index (κ1) is 13.9. The first-order chi connectivity index (χ1) is 8.91. The lowest BCUT2D eigenvalue weighted by Gasteiger charge is -2.16. The number of benzene rings is 1. The van der Waals surface area contributed by atoms with Gasteiger partial charge in [-0.05, 0) is 18.2 Å². The van der Waals surface area contributed by atoms with Crippen LogP contribution in [0.4, 0.5) is 5.69 Å². The second-order valence-electron chi connectivity index (χ2n) is 3.98. The van der Waals surface area contributed by atoms with Gasteiger partial charge in [0.15, 0.2) is 0 Å². The third-order valence-corrected chi connectivity index (χ3v) is 4.73.